The summed E-state index contributed by atoms with van der Waals surface area (Å²) in [7, 11) is 0. The van der Waals surface area contributed by atoms with E-state index in [0.717, 1.165) is 34.2 Å². The number of halogens is 2. The van der Waals surface area contributed by atoms with Crippen LogP contribution in [0.2, 0.25) is 0 Å². The largest absolute Gasteiger partial charge is 2.00 e. The molecule has 0 atom stereocenters. The van der Waals surface area contributed by atoms with Crippen molar-refractivity contribution < 1.29 is 50.1 Å². The van der Waals surface area contributed by atoms with Crippen molar-refractivity contribution in [2.45, 2.75) is 0 Å². The quantitative estimate of drug-likeness (QED) is 0.244. The van der Waals surface area contributed by atoms with Crippen LogP contribution in [0.3, 0.4) is 0 Å². The summed E-state index contributed by atoms with van der Waals surface area (Å²) in [5.41, 5.74) is 5.49. The Morgan fingerprint density at radius 2 is 0.425 bits per heavy atom. The topological polar surface area (TPSA) is 109 Å². The smallest absolute Gasteiger partial charge is 1.00 e. The molecule has 6 aromatic rings. The first-order valence-corrected chi connectivity index (χ1v) is 11.4. The van der Waals surface area contributed by atoms with E-state index in [4.69, 9.17) is 0 Å². The predicted octanol–water partition coefficient (Wildman–Crippen LogP) is -0.388. The molecule has 10 heteroatoms. The molecular formula is C30H26Cl2N6OOs. The van der Waals surface area contributed by atoms with E-state index in [1.165, 1.54) is 0 Å². The van der Waals surface area contributed by atoms with E-state index in [-0.39, 0.29) is 50.1 Å². The molecule has 6 heterocycles. The van der Waals surface area contributed by atoms with Crippen molar-refractivity contribution in [2.75, 3.05) is 0 Å². The number of rotatable bonds is 3. The van der Waals surface area contributed by atoms with E-state index >= 15 is 0 Å². The second-order valence-electron chi connectivity index (χ2n) is 7.29. The van der Waals surface area contributed by atoms with Gasteiger partial charge < -0.3 is 30.3 Å². The minimum Gasteiger partial charge on any atom is -1.00 e. The van der Waals surface area contributed by atoms with E-state index in [2.05, 4.69) is 29.9 Å². The Labute approximate surface area is 259 Å². The molecule has 0 aliphatic rings. The summed E-state index contributed by atoms with van der Waals surface area (Å²) >= 11 is 0. The fourth-order valence-corrected chi connectivity index (χ4v) is 3.09. The molecule has 7 nitrogen and oxygen atoms in total. The molecule has 0 unspecified atom stereocenters. The predicted molar refractivity (Wildman–Crippen MR) is 146 cm³/mol. The van der Waals surface area contributed by atoms with E-state index in [9.17, 15) is 0 Å². The number of nitrogens with zero attached hydrogens (tertiary/aromatic N) is 6. The van der Waals surface area contributed by atoms with E-state index in [1.807, 2.05) is 109 Å². The van der Waals surface area contributed by atoms with Gasteiger partial charge in [0, 0.05) is 37.2 Å². The Balaban J connectivity index is 0.000000543. The molecule has 0 fully saturated rings. The Morgan fingerprint density at radius 1 is 0.275 bits per heavy atom. The molecule has 0 radical (unpaired) electrons. The van der Waals surface area contributed by atoms with Crippen LogP contribution in [0.1, 0.15) is 0 Å². The van der Waals surface area contributed by atoms with E-state index in [0.29, 0.717) is 0 Å². The van der Waals surface area contributed by atoms with Gasteiger partial charge in [0.2, 0.25) is 0 Å². The van der Waals surface area contributed by atoms with E-state index in [1.54, 1.807) is 37.2 Å². The zero-order chi connectivity index (χ0) is 24.7. The Bertz CT molecular complexity index is 1120. The Morgan fingerprint density at radius 3 is 0.525 bits per heavy atom. The van der Waals surface area contributed by atoms with Gasteiger partial charge in [-0.1, -0.05) is 36.4 Å². The SMILES string of the molecule is O.[Cl-].[Cl-].[Os+2].c1ccc(-c2ccccn2)nc1.c1ccc(-c2ccccn2)nc1.c1ccc(-c2ccccn2)nc1. The van der Waals surface area contributed by atoms with Crippen LogP contribution < -0.4 is 24.8 Å². The monoisotopic (exact) mass is 748 g/mol. The van der Waals surface area contributed by atoms with Crippen molar-refractivity contribution >= 4 is 0 Å². The number of hydrogen-bond donors (Lipinski definition) is 0. The van der Waals surface area contributed by atoms with Crippen molar-refractivity contribution in [2.24, 2.45) is 0 Å². The van der Waals surface area contributed by atoms with Gasteiger partial charge in [0.25, 0.3) is 0 Å². The van der Waals surface area contributed by atoms with Crippen molar-refractivity contribution in [3.05, 3.63) is 146 Å². The molecule has 0 saturated carbocycles. The number of pyridine rings is 6. The summed E-state index contributed by atoms with van der Waals surface area (Å²) in [5, 5.41) is 0. The molecule has 6 aromatic heterocycles. The van der Waals surface area contributed by atoms with Crippen molar-refractivity contribution in [1.82, 2.24) is 29.9 Å². The van der Waals surface area contributed by atoms with Gasteiger partial charge >= 0.3 is 19.8 Å². The fraction of sp³-hybridized carbons (Fsp3) is 0. The van der Waals surface area contributed by atoms with Crippen LogP contribution in [0.25, 0.3) is 34.2 Å². The van der Waals surface area contributed by atoms with Crippen molar-refractivity contribution in [3.63, 3.8) is 0 Å². The molecule has 0 spiro atoms. The average Bonchev–Trinajstić information content (AvgIpc) is 3.01. The Hall–Kier alpha value is -3.92. The second kappa shape index (κ2) is 21.0. The maximum Gasteiger partial charge on any atom is 2.00 e. The van der Waals surface area contributed by atoms with Gasteiger partial charge in [0.1, 0.15) is 0 Å². The van der Waals surface area contributed by atoms with Crippen LogP contribution >= 0.6 is 0 Å². The van der Waals surface area contributed by atoms with Crippen LogP contribution in [0.15, 0.2) is 146 Å². The number of aromatic nitrogens is 6. The molecule has 204 valence electrons. The van der Waals surface area contributed by atoms with Gasteiger partial charge in [-0.3, -0.25) is 29.9 Å². The second-order valence-corrected chi connectivity index (χ2v) is 7.29. The van der Waals surface area contributed by atoms with Crippen LogP contribution in [0, 0.1) is 0 Å². The van der Waals surface area contributed by atoms with Gasteiger partial charge in [-0.15, -0.1) is 0 Å². The maximum absolute atomic E-state index is 4.19. The molecule has 0 aliphatic carbocycles. The molecule has 0 saturated heterocycles. The normalized spacial score (nSPS) is 8.70. The summed E-state index contributed by atoms with van der Waals surface area (Å²) in [4.78, 5) is 25.1. The minimum absolute atomic E-state index is 0. The van der Waals surface area contributed by atoms with Crippen LogP contribution in [0.5, 0.6) is 0 Å². The zero-order valence-electron chi connectivity index (χ0n) is 21.1. The third-order valence-corrected chi connectivity index (χ3v) is 4.78. The zero-order valence-corrected chi connectivity index (χ0v) is 25.2. The van der Waals surface area contributed by atoms with E-state index < -0.39 is 0 Å². The standard InChI is InChI=1S/3C10H8N2.2ClH.H2O.Os/c3*1-3-7-11-9(5-1)10-6-2-4-8-12-10;;;;/h3*1-8H;2*1H;1H2;/q;;;;;;+2/p-2. The molecule has 2 N–H and O–H groups in total. The van der Waals surface area contributed by atoms with Crippen LogP contribution in [-0.4, -0.2) is 35.4 Å². The van der Waals surface area contributed by atoms with Crippen molar-refractivity contribution in [3.8, 4) is 34.2 Å². The average molecular weight is 748 g/mol. The fourth-order valence-electron chi connectivity index (χ4n) is 3.09. The summed E-state index contributed by atoms with van der Waals surface area (Å²) in [5.74, 6) is 0. The summed E-state index contributed by atoms with van der Waals surface area (Å²) in [6, 6.07) is 34.8. The van der Waals surface area contributed by atoms with Gasteiger partial charge in [-0.2, -0.15) is 0 Å². The van der Waals surface area contributed by atoms with Crippen LogP contribution in [-0.2, 0) is 19.8 Å². The Kier molecular flexibility index (Phi) is 18.9. The molecule has 0 amide bonds. The first-order chi connectivity index (χ1) is 17.9. The van der Waals surface area contributed by atoms with Gasteiger partial charge in [0.15, 0.2) is 0 Å². The van der Waals surface area contributed by atoms with Crippen molar-refractivity contribution in [1.29, 1.82) is 0 Å². The third kappa shape index (κ3) is 11.9. The molecule has 40 heavy (non-hydrogen) atoms. The molecule has 0 aliphatic heterocycles. The summed E-state index contributed by atoms with van der Waals surface area (Å²) in [6.45, 7) is 0. The number of hydrogen-bond acceptors (Lipinski definition) is 6. The van der Waals surface area contributed by atoms with Gasteiger partial charge in [-0.05, 0) is 72.8 Å². The first kappa shape index (κ1) is 36.1. The molecular weight excluding hydrogens is 722 g/mol. The third-order valence-electron chi connectivity index (χ3n) is 4.78. The molecule has 0 bridgehead atoms. The van der Waals surface area contributed by atoms with Crippen LogP contribution in [0.4, 0.5) is 0 Å². The maximum atomic E-state index is 4.19. The summed E-state index contributed by atoms with van der Waals surface area (Å²) < 4.78 is 0. The summed E-state index contributed by atoms with van der Waals surface area (Å²) in [6.07, 6.45) is 10.6. The minimum atomic E-state index is 0. The van der Waals surface area contributed by atoms with Gasteiger partial charge in [0.05, 0.1) is 34.2 Å². The first-order valence-electron chi connectivity index (χ1n) is 11.4. The molecule has 0 aromatic carbocycles. The molecule has 6 rings (SSSR count). The van der Waals surface area contributed by atoms with Gasteiger partial charge in [-0.25, -0.2) is 0 Å².